The number of hydrogen-bond donors (Lipinski definition) is 6. The van der Waals surface area contributed by atoms with Gasteiger partial charge in [-0.1, -0.05) is 30.3 Å². The van der Waals surface area contributed by atoms with E-state index in [4.69, 9.17) is 10.8 Å². The molecule has 1 saturated heterocycles. The Morgan fingerprint density at radius 2 is 1.73 bits per heavy atom. The van der Waals surface area contributed by atoms with Crippen molar-refractivity contribution in [3.05, 3.63) is 35.9 Å². The van der Waals surface area contributed by atoms with Gasteiger partial charge in [0.25, 0.3) is 0 Å². The fraction of sp³-hybridized carbons (Fsp3) is 0.500. The Bertz CT molecular complexity index is 856. The number of carboxylic acids is 1. The highest BCUT2D eigenvalue weighted by Gasteiger charge is 2.31. The van der Waals surface area contributed by atoms with Crippen molar-refractivity contribution < 1.29 is 29.1 Å². The first-order chi connectivity index (χ1) is 15.7. The molecule has 2 rings (SSSR count). The molecule has 33 heavy (non-hydrogen) atoms. The van der Waals surface area contributed by atoms with Gasteiger partial charge in [-0.15, -0.1) is 0 Å². The predicted octanol–water partition coefficient (Wildman–Crippen LogP) is -1.19. The molecule has 0 bridgehead atoms. The maximum atomic E-state index is 13.0. The first-order valence-corrected chi connectivity index (χ1v) is 10.9. The van der Waals surface area contributed by atoms with Crippen LogP contribution in [0.3, 0.4) is 0 Å². The zero-order valence-corrected chi connectivity index (χ0v) is 18.5. The third-order valence-electron chi connectivity index (χ3n) is 5.33. The number of nitrogens with two attached hydrogens (primary N) is 1. The second-order valence-electron chi connectivity index (χ2n) is 8.03. The number of carboxylic acid groups (broad SMARTS) is 1. The van der Waals surface area contributed by atoms with Crippen LogP contribution in [0.2, 0.25) is 0 Å². The fourth-order valence-electron chi connectivity index (χ4n) is 3.44. The zero-order chi connectivity index (χ0) is 24.4. The summed E-state index contributed by atoms with van der Waals surface area (Å²) in [6, 6.07) is 5.11. The molecule has 1 aliphatic rings. The van der Waals surface area contributed by atoms with Crippen molar-refractivity contribution >= 4 is 29.6 Å². The van der Waals surface area contributed by atoms with Crippen LogP contribution in [0.1, 0.15) is 38.2 Å². The van der Waals surface area contributed by atoms with Gasteiger partial charge in [-0.05, 0) is 38.3 Å². The summed E-state index contributed by atoms with van der Waals surface area (Å²) in [6.45, 7) is 2.00. The molecule has 1 aromatic carbocycles. The summed E-state index contributed by atoms with van der Waals surface area (Å²) < 4.78 is 0. The Balaban J connectivity index is 2.15. The number of carbonyl (C=O) groups is 5. The third-order valence-corrected chi connectivity index (χ3v) is 5.33. The summed E-state index contributed by atoms with van der Waals surface area (Å²) in [5.74, 6) is -3.57. The van der Waals surface area contributed by atoms with E-state index in [9.17, 15) is 24.0 Å². The molecule has 0 aromatic heterocycles. The van der Waals surface area contributed by atoms with Gasteiger partial charge in [-0.3, -0.25) is 24.0 Å². The Morgan fingerprint density at radius 3 is 2.30 bits per heavy atom. The summed E-state index contributed by atoms with van der Waals surface area (Å²) in [4.78, 5) is 60.7. The summed E-state index contributed by atoms with van der Waals surface area (Å²) in [6.07, 6.45) is 1.39. The van der Waals surface area contributed by atoms with Crippen molar-refractivity contribution in [3.8, 4) is 0 Å². The second-order valence-corrected chi connectivity index (χ2v) is 8.03. The van der Waals surface area contributed by atoms with Crippen LogP contribution < -0.4 is 27.0 Å². The minimum Gasteiger partial charge on any atom is -0.480 e. The number of amides is 4. The highest BCUT2D eigenvalue weighted by Crippen LogP contribution is 2.08. The minimum absolute atomic E-state index is 0.0369. The highest BCUT2D eigenvalue weighted by atomic mass is 16.4. The number of aliphatic carboxylic acids is 1. The average molecular weight is 462 g/mol. The van der Waals surface area contributed by atoms with Crippen LogP contribution >= 0.6 is 0 Å². The van der Waals surface area contributed by atoms with E-state index in [1.807, 2.05) is 0 Å². The molecule has 7 N–H and O–H groups in total. The first kappa shape index (κ1) is 25.8. The van der Waals surface area contributed by atoms with Gasteiger partial charge in [0.15, 0.2) is 0 Å². The summed E-state index contributed by atoms with van der Waals surface area (Å²) in [7, 11) is 0. The number of rotatable bonds is 12. The van der Waals surface area contributed by atoms with Crippen molar-refractivity contribution in [2.75, 3.05) is 6.54 Å². The van der Waals surface area contributed by atoms with E-state index < -0.39 is 47.9 Å². The van der Waals surface area contributed by atoms with Crippen molar-refractivity contribution in [2.45, 2.75) is 63.2 Å². The lowest BCUT2D eigenvalue weighted by Crippen LogP contribution is -2.57. The summed E-state index contributed by atoms with van der Waals surface area (Å²) in [5, 5.41) is 19.7. The molecule has 1 fully saturated rings. The average Bonchev–Trinajstić information content (AvgIpc) is 3.31. The van der Waals surface area contributed by atoms with Gasteiger partial charge in [0.2, 0.25) is 23.6 Å². The number of carbonyl (C=O) groups excluding carboxylic acids is 4. The molecule has 0 spiro atoms. The number of hydrogen-bond acceptors (Lipinski definition) is 6. The van der Waals surface area contributed by atoms with Crippen molar-refractivity contribution in [1.82, 2.24) is 21.3 Å². The van der Waals surface area contributed by atoms with Gasteiger partial charge in [-0.2, -0.15) is 0 Å². The van der Waals surface area contributed by atoms with Crippen molar-refractivity contribution in [1.29, 1.82) is 0 Å². The Kier molecular flexibility index (Phi) is 9.80. The van der Waals surface area contributed by atoms with E-state index in [0.29, 0.717) is 13.0 Å². The Morgan fingerprint density at radius 1 is 1.06 bits per heavy atom. The second kappa shape index (κ2) is 12.5. The predicted molar refractivity (Wildman–Crippen MR) is 119 cm³/mol. The zero-order valence-electron chi connectivity index (χ0n) is 18.5. The van der Waals surface area contributed by atoms with E-state index in [1.54, 1.807) is 30.3 Å². The monoisotopic (exact) mass is 461 g/mol. The molecular formula is C22H31N5O6. The van der Waals surface area contributed by atoms with Gasteiger partial charge >= 0.3 is 5.97 Å². The minimum atomic E-state index is -1.22. The standard InChI is InChI=1S/C22H31N5O6/c1-13(22(32)33)25-21(31)17(12-14-6-3-2-4-7-14)27-20(30)16(9-10-18(23)28)26-19(29)15-8-5-11-24-15/h2-4,6-7,13,15-17,24H,5,8-12H2,1H3,(H2,23,28)(H,25,31)(H,26,29)(H,27,30)(H,32,33). The number of nitrogens with one attached hydrogen (secondary N) is 4. The van der Waals surface area contributed by atoms with Crippen LogP contribution in [-0.4, -0.2) is 65.4 Å². The van der Waals surface area contributed by atoms with Gasteiger partial charge in [-0.25, -0.2) is 0 Å². The quantitative estimate of drug-likeness (QED) is 0.226. The molecule has 180 valence electrons. The molecule has 11 heteroatoms. The van der Waals surface area contributed by atoms with Crippen molar-refractivity contribution in [2.24, 2.45) is 5.73 Å². The van der Waals surface area contributed by atoms with Gasteiger partial charge < -0.3 is 32.1 Å². The third kappa shape index (κ3) is 8.53. The van der Waals surface area contributed by atoms with E-state index in [2.05, 4.69) is 21.3 Å². The molecule has 4 unspecified atom stereocenters. The van der Waals surface area contributed by atoms with Crippen LogP contribution in [0, 0.1) is 0 Å². The fourth-order valence-corrected chi connectivity index (χ4v) is 3.44. The molecule has 0 saturated carbocycles. The lowest BCUT2D eigenvalue weighted by Gasteiger charge is -2.24. The largest absolute Gasteiger partial charge is 0.480 e. The van der Waals surface area contributed by atoms with Crippen LogP contribution in [0.25, 0.3) is 0 Å². The molecule has 4 atom stereocenters. The van der Waals surface area contributed by atoms with Crippen molar-refractivity contribution in [3.63, 3.8) is 0 Å². The van der Waals surface area contributed by atoms with Crippen LogP contribution in [0.4, 0.5) is 0 Å². The number of benzene rings is 1. The van der Waals surface area contributed by atoms with Gasteiger partial charge in [0.05, 0.1) is 6.04 Å². The van der Waals surface area contributed by atoms with E-state index in [1.165, 1.54) is 6.92 Å². The van der Waals surface area contributed by atoms with Gasteiger partial charge in [0.1, 0.15) is 18.1 Å². The van der Waals surface area contributed by atoms with Crippen LogP contribution in [-0.2, 0) is 30.4 Å². The lowest BCUT2D eigenvalue weighted by molar-refractivity contribution is -0.141. The van der Waals surface area contributed by atoms with Crippen LogP contribution in [0.5, 0.6) is 0 Å². The Hall–Kier alpha value is -3.47. The summed E-state index contributed by atoms with van der Waals surface area (Å²) in [5.41, 5.74) is 5.96. The highest BCUT2D eigenvalue weighted by molar-refractivity contribution is 5.94. The molecule has 1 heterocycles. The molecule has 0 radical (unpaired) electrons. The Labute approximate surface area is 191 Å². The smallest absolute Gasteiger partial charge is 0.325 e. The molecule has 1 aromatic rings. The molecule has 4 amide bonds. The van der Waals surface area contributed by atoms with E-state index >= 15 is 0 Å². The normalized spacial score (nSPS) is 17.9. The van der Waals surface area contributed by atoms with Gasteiger partial charge in [0, 0.05) is 12.8 Å². The number of primary amides is 1. The SMILES string of the molecule is CC(NC(=O)C(Cc1ccccc1)NC(=O)C(CCC(N)=O)NC(=O)C1CCCN1)C(=O)O. The maximum absolute atomic E-state index is 13.0. The van der Waals surface area contributed by atoms with E-state index in [-0.39, 0.29) is 25.2 Å². The summed E-state index contributed by atoms with van der Waals surface area (Å²) >= 11 is 0. The maximum Gasteiger partial charge on any atom is 0.325 e. The molecule has 0 aliphatic carbocycles. The first-order valence-electron chi connectivity index (χ1n) is 10.9. The van der Waals surface area contributed by atoms with Crippen LogP contribution in [0.15, 0.2) is 30.3 Å². The van der Waals surface area contributed by atoms with E-state index in [0.717, 1.165) is 12.0 Å². The topological polar surface area (TPSA) is 180 Å². The molecule has 1 aliphatic heterocycles. The lowest BCUT2D eigenvalue weighted by atomic mass is 10.0. The molecular weight excluding hydrogens is 430 g/mol. The molecule has 11 nitrogen and oxygen atoms in total.